The van der Waals surface area contributed by atoms with Crippen LogP contribution in [-0.4, -0.2) is 26.8 Å². The van der Waals surface area contributed by atoms with E-state index in [4.69, 9.17) is 4.74 Å². The third-order valence-electron chi connectivity index (χ3n) is 5.28. The summed E-state index contributed by atoms with van der Waals surface area (Å²) in [6, 6.07) is 17.5. The fraction of sp³-hybridized carbons (Fsp3) is 0.192. The first-order valence-electron chi connectivity index (χ1n) is 10.9. The fourth-order valence-electron chi connectivity index (χ4n) is 3.40. The van der Waals surface area contributed by atoms with E-state index in [2.05, 4.69) is 9.97 Å². The van der Waals surface area contributed by atoms with Crippen LogP contribution in [0.4, 0.5) is 13.2 Å². The Labute approximate surface area is 214 Å². The molecule has 0 aliphatic heterocycles. The second kappa shape index (κ2) is 11.7. The number of hydrogen-bond donors (Lipinski definition) is 1. The second-order valence-corrected chi connectivity index (χ2v) is 9.94. The molecule has 2 heterocycles. The number of nitrogens with zero attached hydrogens (tertiary/aromatic N) is 2. The zero-order valence-corrected chi connectivity index (χ0v) is 20.4. The summed E-state index contributed by atoms with van der Waals surface area (Å²) in [4.78, 5) is 21.6. The number of esters is 1. The van der Waals surface area contributed by atoms with Crippen molar-refractivity contribution in [1.82, 2.24) is 9.97 Å². The minimum Gasteiger partial charge on any atom is -0.460 e. The predicted molar refractivity (Wildman–Crippen MR) is 132 cm³/mol. The van der Waals surface area contributed by atoms with Crippen LogP contribution >= 0.6 is 23.1 Å². The molecular weight excluding hydrogens is 509 g/mol. The van der Waals surface area contributed by atoms with Gasteiger partial charge < -0.3 is 9.84 Å². The smallest absolute Gasteiger partial charge is 0.416 e. The molecule has 0 saturated carbocycles. The summed E-state index contributed by atoms with van der Waals surface area (Å²) < 4.78 is 45.1. The summed E-state index contributed by atoms with van der Waals surface area (Å²) in [5, 5.41) is 12.9. The lowest BCUT2D eigenvalue weighted by molar-refractivity contribution is -0.153. The Balaban J connectivity index is 1.47. The largest absolute Gasteiger partial charge is 0.460 e. The highest BCUT2D eigenvalue weighted by atomic mass is 32.2. The number of carbonyl (C=O) groups excluding carboxylic acids is 1. The van der Waals surface area contributed by atoms with Gasteiger partial charge >= 0.3 is 12.1 Å². The molecule has 4 aromatic rings. The van der Waals surface area contributed by atoms with Crippen LogP contribution in [0.1, 0.15) is 22.8 Å². The summed E-state index contributed by atoms with van der Waals surface area (Å²) in [5.74, 6) is -1.57. The Morgan fingerprint density at radius 2 is 1.89 bits per heavy atom. The zero-order valence-electron chi connectivity index (χ0n) is 18.8. The second-order valence-electron chi connectivity index (χ2n) is 7.82. The maximum atomic E-state index is 13.0. The van der Waals surface area contributed by atoms with Crippen LogP contribution < -0.4 is 0 Å². The average Bonchev–Trinajstić information content (AvgIpc) is 3.37. The highest BCUT2D eigenvalue weighted by Gasteiger charge is 2.32. The first-order valence-corrected chi connectivity index (χ1v) is 12.7. The fourth-order valence-corrected chi connectivity index (χ4v) is 5.37. The summed E-state index contributed by atoms with van der Waals surface area (Å²) in [7, 11) is 0. The van der Waals surface area contributed by atoms with Crippen LogP contribution in [0.3, 0.4) is 0 Å². The van der Waals surface area contributed by atoms with Gasteiger partial charge in [-0.15, -0.1) is 11.3 Å². The Morgan fingerprint density at radius 3 is 2.61 bits per heavy atom. The topological polar surface area (TPSA) is 72.3 Å². The normalized spacial score (nSPS) is 13.2. The van der Waals surface area contributed by atoms with Gasteiger partial charge in [0.1, 0.15) is 6.61 Å². The van der Waals surface area contributed by atoms with E-state index < -0.39 is 29.7 Å². The summed E-state index contributed by atoms with van der Waals surface area (Å²) in [5.41, 5.74) is 1.58. The zero-order chi connectivity index (χ0) is 25.5. The van der Waals surface area contributed by atoms with Crippen molar-refractivity contribution in [3.63, 3.8) is 0 Å². The SMILES string of the molecule is O=C(OCc1cccc(C(F)(F)F)c1)C(CSc1nc(-c2ccccc2)cs1)C(O)c1cccnc1. The lowest BCUT2D eigenvalue weighted by Gasteiger charge is -2.21. The average molecular weight is 531 g/mol. The summed E-state index contributed by atoms with van der Waals surface area (Å²) in [6.45, 7) is -0.348. The van der Waals surface area contributed by atoms with Crippen LogP contribution in [0, 0.1) is 5.92 Å². The van der Waals surface area contributed by atoms with Gasteiger partial charge in [0.15, 0.2) is 4.34 Å². The molecule has 4 rings (SSSR count). The molecular formula is C26H21F3N2O3S2. The van der Waals surface area contributed by atoms with Crippen LogP contribution in [0.2, 0.25) is 0 Å². The highest BCUT2D eigenvalue weighted by molar-refractivity contribution is 8.01. The molecule has 0 fully saturated rings. The first-order chi connectivity index (χ1) is 17.3. The molecule has 0 aliphatic rings. The number of thioether (sulfide) groups is 1. The number of alkyl halides is 3. The minimum atomic E-state index is -4.50. The number of halogens is 3. The minimum absolute atomic E-state index is 0.152. The van der Waals surface area contributed by atoms with Crippen LogP contribution in [0.15, 0.2) is 88.8 Å². The monoisotopic (exact) mass is 530 g/mol. The molecule has 2 unspecified atom stereocenters. The molecule has 5 nitrogen and oxygen atoms in total. The van der Waals surface area contributed by atoms with Crippen molar-refractivity contribution in [2.24, 2.45) is 5.92 Å². The molecule has 2 aromatic carbocycles. The van der Waals surface area contributed by atoms with Gasteiger partial charge in [-0.3, -0.25) is 9.78 Å². The molecule has 186 valence electrons. The molecule has 0 bridgehead atoms. The van der Waals surface area contributed by atoms with Crippen molar-refractivity contribution in [2.75, 3.05) is 5.75 Å². The van der Waals surface area contributed by atoms with Crippen molar-refractivity contribution < 1.29 is 27.8 Å². The van der Waals surface area contributed by atoms with Gasteiger partial charge in [0, 0.05) is 29.1 Å². The number of carbonyl (C=O) groups is 1. The molecule has 0 saturated heterocycles. The first kappa shape index (κ1) is 25.9. The van der Waals surface area contributed by atoms with Crippen LogP contribution in [-0.2, 0) is 22.3 Å². The number of ether oxygens (including phenoxy) is 1. The number of aliphatic hydroxyl groups is 1. The van der Waals surface area contributed by atoms with Crippen molar-refractivity contribution >= 4 is 29.1 Å². The maximum absolute atomic E-state index is 13.0. The molecule has 0 amide bonds. The predicted octanol–water partition coefficient (Wildman–Crippen LogP) is 6.41. The van der Waals surface area contributed by atoms with E-state index in [9.17, 15) is 23.1 Å². The summed E-state index contributed by atoms with van der Waals surface area (Å²) >= 11 is 2.72. The lowest BCUT2D eigenvalue weighted by atomic mass is 9.99. The van der Waals surface area contributed by atoms with Crippen LogP contribution in [0.25, 0.3) is 11.3 Å². The van der Waals surface area contributed by atoms with E-state index in [1.54, 1.807) is 18.3 Å². The van der Waals surface area contributed by atoms with E-state index in [0.29, 0.717) is 9.90 Å². The highest BCUT2D eigenvalue weighted by Crippen LogP contribution is 2.34. The number of rotatable bonds is 9. The van der Waals surface area contributed by atoms with Crippen molar-refractivity contribution in [2.45, 2.75) is 23.2 Å². The van der Waals surface area contributed by atoms with Gasteiger partial charge in [-0.1, -0.05) is 60.3 Å². The molecule has 0 radical (unpaired) electrons. The standard InChI is InChI=1S/C26H21F3N2O3S2/c27-26(28,29)20-10-4-6-17(12-20)14-34-24(33)21(23(32)19-9-5-11-30-13-19)15-35-25-31-22(16-36-25)18-7-2-1-3-8-18/h1-13,16,21,23,32H,14-15H2. The Morgan fingerprint density at radius 1 is 1.08 bits per heavy atom. The van der Waals surface area contributed by atoms with E-state index in [0.717, 1.165) is 23.4 Å². The number of thiazole rings is 1. The Kier molecular flexibility index (Phi) is 8.40. The molecule has 0 spiro atoms. The number of pyridine rings is 1. The lowest BCUT2D eigenvalue weighted by Crippen LogP contribution is -2.27. The van der Waals surface area contributed by atoms with Gasteiger partial charge in [-0.05, 0) is 29.3 Å². The van der Waals surface area contributed by atoms with E-state index in [1.165, 1.54) is 41.4 Å². The van der Waals surface area contributed by atoms with Gasteiger partial charge in [0.2, 0.25) is 0 Å². The van der Waals surface area contributed by atoms with E-state index in [1.807, 2.05) is 35.7 Å². The molecule has 10 heteroatoms. The molecule has 1 N–H and O–H groups in total. The van der Waals surface area contributed by atoms with Gasteiger partial charge in [-0.25, -0.2) is 4.98 Å². The molecule has 2 atom stereocenters. The van der Waals surface area contributed by atoms with E-state index in [-0.39, 0.29) is 17.9 Å². The molecule has 2 aromatic heterocycles. The Bertz CT molecular complexity index is 1280. The third kappa shape index (κ3) is 6.71. The molecule has 0 aliphatic carbocycles. The maximum Gasteiger partial charge on any atom is 0.416 e. The summed E-state index contributed by atoms with van der Waals surface area (Å²) in [6.07, 6.45) is -2.71. The van der Waals surface area contributed by atoms with Crippen molar-refractivity contribution in [3.05, 3.63) is 101 Å². The van der Waals surface area contributed by atoms with E-state index >= 15 is 0 Å². The number of aromatic nitrogens is 2. The van der Waals surface area contributed by atoms with Crippen LogP contribution in [0.5, 0.6) is 0 Å². The number of aliphatic hydroxyl groups excluding tert-OH is 1. The third-order valence-corrected chi connectivity index (χ3v) is 7.42. The van der Waals surface area contributed by atoms with Gasteiger partial charge in [0.05, 0.1) is 23.3 Å². The Hall–Kier alpha value is -3.21. The van der Waals surface area contributed by atoms with Gasteiger partial charge in [-0.2, -0.15) is 13.2 Å². The number of benzene rings is 2. The quantitative estimate of drug-likeness (QED) is 0.199. The number of hydrogen-bond acceptors (Lipinski definition) is 7. The van der Waals surface area contributed by atoms with Crippen molar-refractivity contribution in [3.8, 4) is 11.3 Å². The van der Waals surface area contributed by atoms with Crippen molar-refractivity contribution in [1.29, 1.82) is 0 Å². The molecule has 36 heavy (non-hydrogen) atoms. The van der Waals surface area contributed by atoms with Gasteiger partial charge in [0.25, 0.3) is 0 Å².